The fraction of sp³-hybridized carbons (Fsp3) is 0.545. The Labute approximate surface area is 94.3 Å². The third-order valence-electron chi connectivity index (χ3n) is 2.28. The molecule has 0 spiro atoms. The number of aryl methyl sites for hydroxylation is 1. The Morgan fingerprint density at radius 1 is 1.57 bits per heavy atom. The molecule has 0 radical (unpaired) electrons. The van der Waals surface area contributed by atoms with Crippen LogP contribution in [-0.2, 0) is 6.54 Å². The number of hydrogen-bond acceptors (Lipinski definition) is 2. The molecule has 0 saturated carbocycles. The van der Waals surface area contributed by atoms with Gasteiger partial charge in [0.1, 0.15) is 0 Å². The van der Waals surface area contributed by atoms with Crippen molar-refractivity contribution in [2.24, 2.45) is 0 Å². The fourth-order valence-corrected chi connectivity index (χ4v) is 1.93. The minimum atomic E-state index is 0.538. The second-order valence-corrected chi connectivity index (χ2v) is 4.32. The van der Waals surface area contributed by atoms with Crippen molar-refractivity contribution in [2.75, 3.05) is 5.33 Å². The normalized spacial score (nSPS) is 12.8. The lowest BCUT2D eigenvalue weighted by atomic mass is 10.2. The quantitative estimate of drug-likeness (QED) is 0.820. The molecule has 1 atom stereocenters. The summed E-state index contributed by atoms with van der Waals surface area (Å²) in [4.78, 5) is 4.34. The molecule has 1 aromatic rings. The largest absolute Gasteiger partial charge is 0.309 e. The van der Waals surface area contributed by atoms with Gasteiger partial charge in [-0.25, -0.2) is 0 Å². The highest BCUT2D eigenvalue weighted by Crippen LogP contribution is 2.03. The van der Waals surface area contributed by atoms with E-state index >= 15 is 0 Å². The van der Waals surface area contributed by atoms with Crippen molar-refractivity contribution < 1.29 is 0 Å². The summed E-state index contributed by atoms with van der Waals surface area (Å²) in [7, 11) is 0. The number of nitrogens with zero attached hydrogens (tertiary/aromatic N) is 1. The second-order valence-electron chi connectivity index (χ2n) is 3.53. The summed E-state index contributed by atoms with van der Waals surface area (Å²) in [6, 6.07) is 4.61. The first-order valence-corrected chi connectivity index (χ1v) is 6.06. The summed E-state index contributed by atoms with van der Waals surface area (Å²) in [6.45, 7) is 5.15. The molecule has 2 nitrogen and oxygen atoms in total. The maximum Gasteiger partial charge on any atom is 0.0570 e. The van der Waals surface area contributed by atoms with Gasteiger partial charge < -0.3 is 5.32 Å². The van der Waals surface area contributed by atoms with Gasteiger partial charge in [-0.05, 0) is 31.9 Å². The third kappa shape index (κ3) is 3.76. The monoisotopic (exact) mass is 256 g/mol. The van der Waals surface area contributed by atoms with Gasteiger partial charge in [-0.3, -0.25) is 4.98 Å². The Balaban J connectivity index is 2.41. The average Bonchev–Trinajstić information content (AvgIpc) is 2.17. The van der Waals surface area contributed by atoms with Crippen molar-refractivity contribution in [3.05, 3.63) is 29.6 Å². The highest BCUT2D eigenvalue weighted by atomic mass is 79.9. The van der Waals surface area contributed by atoms with Crippen LogP contribution in [0.5, 0.6) is 0 Å². The average molecular weight is 257 g/mol. The molecule has 0 amide bonds. The number of alkyl halides is 1. The molecule has 1 unspecified atom stereocenters. The standard InChI is InChI=1S/C11H17BrN2/c1-9-4-3-7-13-11(9)8-14-10(2)5-6-12/h3-4,7,10,14H,5-6,8H2,1-2H3. The maximum absolute atomic E-state index is 4.34. The molecule has 1 N–H and O–H groups in total. The van der Waals surface area contributed by atoms with Crippen LogP contribution in [-0.4, -0.2) is 16.4 Å². The van der Waals surface area contributed by atoms with Gasteiger partial charge >= 0.3 is 0 Å². The molecule has 1 heterocycles. The molecule has 0 aliphatic carbocycles. The number of rotatable bonds is 5. The highest BCUT2D eigenvalue weighted by Gasteiger charge is 2.02. The van der Waals surface area contributed by atoms with Crippen molar-refractivity contribution in [1.82, 2.24) is 10.3 Å². The molecular formula is C11H17BrN2. The highest BCUT2D eigenvalue weighted by molar-refractivity contribution is 9.09. The number of halogens is 1. The van der Waals surface area contributed by atoms with Gasteiger partial charge in [-0.2, -0.15) is 0 Å². The van der Waals surface area contributed by atoms with E-state index in [9.17, 15) is 0 Å². The van der Waals surface area contributed by atoms with E-state index in [1.54, 1.807) is 0 Å². The van der Waals surface area contributed by atoms with Crippen molar-refractivity contribution in [3.8, 4) is 0 Å². The first kappa shape index (κ1) is 11.7. The minimum Gasteiger partial charge on any atom is -0.309 e. The summed E-state index contributed by atoms with van der Waals surface area (Å²) in [5.74, 6) is 0. The molecule has 78 valence electrons. The zero-order chi connectivity index (χ0) is 10.4. The number of aromatic nitrogens is 1. The Bertz CT molecular complexity index is 276. The van der Waals surface area contributed by atoms with Gasteiger partial charge in [0.05, 0.1) is 5.69 Å². The van der Waals surface area contributed by atoms with E-state index in [2.05, 4.69) is 46.1 Å². The molecule has 0 saturated heterocycles. The van der Waals surface area contributed by atoms with E-state index in [0.29, 0.717) is 6.04 Å². The predicted molar refractivity (Wildman–Crippen MR) is 63.7 cm³/mol. The van der Waals surface area contributed by atoms with Crippen molar-refractivity contribution in [3.63, 3.8) is 0 Å². The minimum absolute atomic E-state index is 0.538. The van der Waals surface area contributed by atoms with Crippen LogP contribution in [0, 0.1) is 6.92 Å². The first-order valence-electron chi connectivity index (χ1n) is 4.94. The van der Waals surface area contributed by atoms with Gasteiger partial charge in [0.25, 0.3) is 0 Å². The Kier molecular flexibility index (Phi) is 5.12. The van der Waals surface area contributed by atoms with Crippen LogP contribution in [0.25, 0.3) is 0 Å². The molecule has 3 heteroatoms. The summed E-state index contributed by atoms with van der Waals surface area (Å²) >= 11 is 3.44. The number of hydrogen-bond donors (Lipinski definition) is 1. The Morgan fingerprint density at radius 2 is 2.36 bits per heavy atom. The van der Waals surface area contributed by atoms with Crippen molar-refractivity contribution in [1.29, 1.82) is 0 Å². The van der Waals surface area contributed by atoms with E-state index in [4.69, 9.17) is 0 Å². The fourth-order valence-electron chi connectivity index (χ4n) is 1.24. The summed E-state index contributed by atoms with van der Waals surface area (Å²) < 4.78 is 0. The lowest BCUT2D eigenvalue weighted by Crippen LogP contribution is -2.26. The Hall–Kier alpha value is -0.410. The molecule has 1 rings (SSSR count). The summed E-state index contributed by atoms with van der Waals surface area (Å²) in [5.41, 5.74) is 2.40. The summed E-state index contributed by atoms with van der Waals surface area (Å²) in [6.07, 6.45) is 2.99. The summed E-state index contributed by atoms with van der Waals surface area (Å²) in [5, 5.41) is 4.49. The van der Waals surface area contributed by atoms with Crippen LogP contribution in [0.15, 0.2) is 18.3 Å². The molecule has 0 fully saturated rings. The van der Waals surface area contributed by atoms with Gasteiger partial charge in [0.15, 0.2) is 0 Å². The Morgan fingerprint density at radius 3 is 3.00 bits per heavy atom. The number of nitrogens with one attached hydrogen (secondary N) is 1. The smallest absolute Gasteiger partial charge is 0.0570 e. The van der Waals surface area contributed by atoms with Crippen LogP contribution < -0.4 is 5.32 Å². The zero-order valence-corrected chi connectivity index (χ0v) is 10.3. The van der Waals surface area contributed by atoms with Gasteiger partial charge in [0.2, 0.25) is 0 Å². The van der Waals surface area contributed by atoms with Crippen LogP contribution in [0.4, 0.5) is 0 Å². The van der Waals surface area contributed by atoms with Gasteiger partial charge in [-0.15, -0.1) is 0 Å². The van der Waals surface area contributed by atoms with Crippen LogP contribution in [0.2, 0.25) is 0 Å². The van der Waals surface area contributed by atoms with Crippen molar-refractivity contribution in [2.45, 2.75) is 32.9 Å². The predicted octanol–water partition coefficient (Wildman–Crippen LogP) is 2.65. The van der Waals surface area contributed by atoms with E-state index in [1.807, 2.05) is 12.3 Å². The van der Waals surface area contributed by atoms with Gasteiger partial charge in [0, 0.05) is 24.1 Å². The molecule has 0 aliphatic heterocycles. The van der Waals surface area contributed by atoms with E-state index in [1.165, 1.54) is 5.56 Å². The molecular weight excluding hydrogens is 240 g/mol. The maximum atomic E-state index is 4.34. The van der Waals surface area contributed by atoms with E-state index in [0.717, 1.165) is 24.0 Å². The first-order chi connectivity index (χ1) is 6.74. The van der Waals surface area contributed by atoms with Crippen molar-refractivity contribution >= 4 is 15.9 Å². The molecule has 0 aromatic carbocycles. The lowest BCUT2D eigenvalue weighted by molar-refractivity contribution is 0.532. The van der Waals surface area contributed by atoms with E-state index in [-0.39, 0.29) is 0 Å². The molecule has 14 heavy (non-hydrogen) atoms. The topological polar surface area (TPSA) is 24.9 Å². The van der Waals surface area contributed by atoms with Gasteiger partial charge in [-0.1, -0.05) is 22.0 Å². The molecule has 1 aromatic heterocycles. The lowest BCUT2D eigenvalue weighted by Gasteiger charge is -2.12. The van der Waals surface area contributed by atoms with Crippen LogP contribution in [0.1, 0.15) is 24.6 Å². The zero-order valence-electron chi connectivity index (χ0n) is 8.76. The SMILES string of the molecule is Cc1cccnc1CNC(C)CCBr. The van der Waals surface area contributed by atoms with Crippen LogP contribution in [0.3, 0.4) is 0 Å². The second kappa shape index (κ2) is 6.14. The van der Waals surface area contributed by atoms with Crippen LogP contribution >= 0.6 is 15.9 Å². The number of pyridine rings is 1. The molecule has 0 bridgehead atoms. The molecule has 0 aliphatic rings. The third-order valence-corrected chi connectivity index (χ3v) is 2.74. The van der Waals surface area contributed by atoms with E-state index < -0.39 is 0 Å².